The molecule has 0 rings (SSSR count). The van der Waals surface area contributed by atoms with Crippen LogP contribution in [0.25, 0.3) is 0 Å². The van der Waals surface area contributed by atoms with Crippen LogP contribution in [-0.4, -0.2) is 25.8 Å². The van der Waals surface area contributed by atoms with E-state index in [4.69, 9.17) is 9.47 Å². The van der Waals surface area contributed by atoms with E-state index in [1.165, 1.54) is 0 Å². The second-order valence-electron chi connectivity index (χ2n) is 5.56. The summed E-state index contributed by atoms with van der Waals surface area (Å²) in [6.45, 7) is 15.2. The molecule has 1 atom stereocenters. The SMILES string of the molecule is C=C(C)C(=O)OCC(C)COCC(C)(C)C. The Labute approximate surface area is 98.8 Å². The first-order valence-electron chi connectivity index (χ1n) is 5.63. The number of hydrogen-bond acceptors (Lipinski definition) is 3. The molecule has 94 valence electrons. The first-order chi connectivity index (χ1) is 7.22. The molecular weight excluding hydrogens is 204 g/mol. The van der Waals surface area contributed by atoms with Crippen LogP contribution in [0.2, 0.25) is 0 Å². The largest absolute Gasteiger partial charge is 0.462 e. The van der Waals surface area contributed by atoms with Crippen molar-refractivity contribution >= 4 is 5.97 Å². The zero-order chi connectivity index (χ0) is 12.8. The summed E-state index contributed by atoms with van der Waals surface area (Å²) in [5.74, 6) is -0.117. The van der Waals surface area contributed by atoms with Crippen LogP contribution in [0.5, 0.6) is 0 Å². The van der Waals surface area contributed by atoms with Crippen molar-refractivity contribution in [3.05, 3.63) is 12.2 Å². The van der Waals surface area contributed by atoms with E-state index in [-0.39, 0.29) is 17.3 Å². The molecule has 0 heterocycles. The number of rotatable bonds is 6. The van der Waals surface area contributed by atoms with Crippen LogP contribution in [0, 0.1) is 11.3 Å². The van der Waals surface area contributed by atoms with Crippen LogP contribution in [0.15, 0.2) is 12.2 Å². The Hall–Kier alpha value is -0.830. The van der Waals surface area contributed by atoms with Crippen molar-refractivity contribution in [2.45, 2.75) is 34.6 Å². The van der Waals surface area contributed by atoms with E-state index in [2.05, 4.69) is 27.4 Å². The molecule has 0 aliphatic heterocycles. The minimum Gasteiger partial charge on any atom is -0.462 e. The van der Waals surface area contributed by atoms with E-state index in [1.807, 2.05) is 6.92 Å². The van der Waals surface area contributed by atoms with E-state index in [0.29, 0.717) is 25.4 Å². The molecular formula is C13H24O3. The summed E-state index contributed by atoms with van der Waals surface area (Å²) in [5, 5.41) is 0. The maximum atomic E-state index is 11.1. The Kier molecular flexibility index (Phi) is 6.34. The third-order valence-electron chi connectivity index (χ3n) is 1.78. The zero-order valence-electron chi connectivity index (χ0n) is 11.1. The molecule has 0 spiro atoms. The van der Waals surface area contributed by atoms with Gasteiger partial charge in [-0.25, -0.2) is 4.79 Å². The zero-order valence-corrected chi connectivity index (χ0v) is 11.1. The fraction of sp³-hybridized carbons (Fsp3) is 0.769. The van der Waals surface area contributed by atoms with Crippen LogP contribution in [0.3, 0.4) is 0 Å². The van der Waals surface area contributed by atoms with Gasteiger partial charge in [0.05, 0.1) is 19.8 Å². The number of esters is 1. The number of carbonyl (C=O) groups excluding carboxylic acids is 1. The fourth-order valence-corrected chi connectivity index (χ4v) is 0.956. The molecule has 0 aliphatic rings. The maximum Gasteiger partial charge on any atom is 0.333 e. The second kappa shape index (κ2) is 6.69. The molecule has 0 radical (unpaired) electrons. The lowest BCUT2D eigenvalue weighted by Crippen LogP contribution is -2.21. The third kappa shape index (κ3) is 8.48. The summed E-state index contributed by atoms with van der Waals surface area (Å²) in [4.78, 5) is 11.1. The van der Waals surface area contributed by atoms with E-state index >= 15 is 0 Å². The highest BCUT2D eigenvalue weighted by molar-refractivity contribution is 5.86. The first-order valence-corrected chi connectivity index (χ1v) is 5.63. The van der Waals surface area contributed by atoms with Gasteiger partial charge in [0.2, 0.25) is 0 Å². The molecule has 0 fully saturated rings. The molecule has 3 heteroatoms. The highest BCUT2D eigenvalue weighted by atomic mass is 16.5. The smallest absolute Gasteiger partial charge is 0.333 e. The van der Waals surface area contributed by atoms with Gasteiger partial charge in [0, 0.05) is 11.5 Å². The molecule has 0 aromatic carbocycles. The molecule has 0 aromatic rings. The average molecular weight is 228 g/mol. The third-order valence-corrected chi connectivity index (χ3v) is 1.78. The lowest BCUT2D eigenvalue weighted by Gasteiger charge is -2.20. The summed E-state index contributed by atoms with van der Waals surface area (Å²) in [6.07, 6.45) is 0. The summed E-state index contributed by atoms with van der Waals surface area (Å²) in [5.41, 5.74) is 0.608. The molecule has 0 aliphatic carbocycles. The van der Waals surface area contributed by atoms with Crippen molar-refractivity contribution in [3.63, 3.8) is 0 Å². The highest BCUT2D eigenvalue weighted by Gasteiger charge is 2.12. The van der Waals surface area contributed by atoms with Gasteiger partial charge >= 0.3 is 5.97 Å². The Balaban J connectivity index is 3.64. The Morgan fingerprint density at radius 2 is 1.88 bits per heavy atom. The van der Waals surface area contributed by atoms with Gasteiger partial charge in [0.25, 0.3) is 0 Å². The van der Waals surface area contributed by atoms with E-state index in [9.17, 15) is 4.79 Å². The van der Waals surface area contributed by atoms with Crippen LogP contribution >= 0.6 is 0 Å². The normalized spacial score (nSPS) is 13.3. The van der Waals surface area contributed by atoms with Gasteiger partial charge in [-0.1, -0.05) is 34.3 Å². The monoisotopic (exact) mass is 228 g/mol. The maximum absolute atomic E-state index is 11.1. The van der Waals surface area contributed by atoms with Gasteiger partial charge < -0.3 is 9.47 Å². The van der Waals surface area contributed by atoms with Crippen LogP contribution in [0.1, 0.15) is 34.6 Å². The van der Waals surface area contributed by atoms with Crippen molar-refractivity contribution in [1.29, 1.82) is 0 Å². The molecule has 0 bridgehead atoms. The summed E-state index contributed by atoms with van der Waals surface area (Å²) in [7, 11) is 0. The molecule has 0 N–H and O–H groups in total. The van der Waals surface area contributed by atoms with Gasteiger partial charge in [0.1, 0.15) is 0 Å². The lowest BCUT2D eigenvalue weighted by atomic mass is 9.99. The predicted octanol–water partition coefficient (Wildman–Crippen LogP) is 2.80. The number of hydrogen-bond donors (Lipinski definition) is 0. The summed E-state index contributed by atoms with van der Waals surface area (Å²) < 4.78 is 10.6. The predicted molar refractivity (Wildman–Crippen MR) is 65.2 cm³/mol. The minimum atomic E-state index is -0.331. The van der Waals surface area contributed by atoms with Crippen LogP contribution < -0.4 is 0 Å². The molecule has 3 nitrogen and oxygen atoms in total. The molecule has 1 unspecified atom stereocenters. The molecule has 0 aromatic heterocycles. The van der Waals surface area contributed by atoms with Gasteiger partial charge in [-0.3, -0.25) is 0 Å². The van der Waals surface area contributed by atoms with E-state index in [1.54, 1.807) is 6.92 Å². The van der Waals surface area contributed by atoms with E-state index < -0.39 is 0 Å². The van der Waals surface area contributed by atoms with E-state index in [0.717, 1.165) is 0 Å². The van der Waals surface area contributed by atoms with Gasteiger partial charge in [-0.2, -0.15) is 0 Å². The Morgan fingerprint density at radius 1 is 1.31 bits per heavy atom. The number of ether oxygens (including phenoxy) is 2. The molecule has 0 amide bonds. The highest BCUT2D eigenvalue weighted by Crippen LogP contribution is 2.13. The Bertz CT molecular complexity index is 238. The van der Waals surface area contributed by atoms with Crippen molar-refractivity contribution in [2.75, 3.05) is 19.8 Å². The number of carbonyl (C=O) groups is 1. The Morgan fingerprint density at radius 3 is 2.31 bits per heavy atom. The van der Waals surface area contributed by atoms with Crippen molar-refractivity contribution in [3.8, 4) is 0 Å². The van der Waals surface area contributed by atoms with Gasteiger partial charge in [0.15, 0.2) is 0 Å². The minimum absolute atomic E-state index is 0.175. The second-order valence-corrected chi connectivity index (χ2v) is 5.56. The fourth-order valence-electron chi connectivity index (χ4n) is 0.956. The topological polar surface area (TPSA) is 35.5 Å². The molecule has 0 saturated carbocycles. The van der Waals surface area contributed by atoms with Crippen molar-refractivity contribution < 1.29 is 14.3 Å². The molecule has 0 saturated heterocycles. The van der Waals surface area contributed by atoms with Crippen LogP contribution in [0.4, 0.5) is 0 Å². The molecule has 16 heavy (non-hydrogen) atoms. The van der Waals surface area contributed by atoms with Crippen LogP contribution in [-0.2, 0) is 14.3 Å². The van der Waals surface area contributed by atoms with Crippen molar-refractivity contribution in [1.82, 2.24) is 0 Å². The summed E-state index contributed by atoms with van der Waals surface area (Å²) >= 11 is 0. The van der Waals surface area contributed by atoms with Gasteiger partial charge in [-0.05, 0) is 12.3 Å². The standard InChI is InChI=1S/C13H24O3/c1-10(2)12(14)16-8-11(3)7-15-9-13(4,5)6/h11H,1,7-9H2,2-6H3. The van der Waals surface area contributed by atoms with Gasteiger partial charge in [-0.15, -0.1) is 0 Å². The van der Waals surface area contributed by atoms with Crippen molar-refractivity contribution in [2.24, 2.45) is 11.3 Å². The quantitative estimate of drug-likeness (QED) is 0.518. The average Bonchev–Trinajstić information content (AvgIpc) is 2.11. The lowest BCUT2D eigenvalue weighted by molar-refractivity contribution is -0.140. The first kappa shape index (κ1) is 15.2. The summed E-state index contributed by atoms with van der Waals surface area (Å²) in [6, 6.07) is 0.